The van der Waals surface area contributed by atoms with Crippen LogP contribution in [0.4, 0.5) is 0 Å². The summed E-state index contributed by atoms with van der Waals surface area (Å²) in [4.78, 5) is 21.0. The predicted octanol–water partition coefficient (Wildman–Crippen LogP) is 0.556. The molecule has 0 spiro atoms. The lowest BCUT2D eigenvalue weighted by molar-refractivity contribution is -0.168. The highest BCUT2D eigenvalue weighted by Crippen LogP contribution is 2.26. The van der Waals surface area contributed by atoms with Crippen LogP contribution in [0, 0.1) is 29.1 Å². The standard InChI is InChI=1S/C10H11NO4/c1-4-7(10(2,3)5-6-11)15-9(14)8(12)13/h1,7H,5H2,2-3H3,(H,12,13). The van der Waals surface area contributed by atoms with Crippen molar-refractivity contribution in [3.05, 3.63) is 0 Å². The number of carboxylic acid groups (broad SMARTS) is 1. The Labute approximate surface area is 87.6 Å². The molecule has 1 N–H and O–H groups in total. The van der Waals surface area contributed by atoms with E-state index < -0.39 is 23.5 Å². The van der Waals surface area contributed by atoms with Gasteiger partial charge in [-0.25, -0.2) is 9.59 Å². The highest BCUT2D eigenvalue weighted by molar-refractivity contribution is 6.28. The largest absolute Gasteiger partial charge is 0.473 e. The topological polar surface area (TPSA) is 87.4 Å². The summed E-state index contributed by atoms with van der Waals surface area (Å²) in [6, 6.07) is 1.89. The maximum Gasteiger partial charge on any atom is 0.418 e. The van der Waals surface area contributed by atoms with Crippen LogP contribution in [0.5, 0.6) is 0 Å². The van der Waals surface area contributed by atoms with Gasteiger partial charge in [0.25, 0.3) is 0 Å². The van der Waals surface area contributed by atoms with Crippen molar-refractivity contribution < 1.29 is 19.4 Å². The predicted molar refractivity (Wildman–Crippen MR) is 50.4 cm³/mol. The van der Waals surface area contributed by atoms with E-state index in [0.29, 0.717) is 0 Å². The summed E-state index contributed by atoms with van der Waals surface area (Å²) in [5, 5.41) is 16.8. The van der Waals surface area contributed by atoms with Gasteiger partial charge in [-0.05, 0) is 0 Å². The number of hydrogen-bond acceptors (Lipinski definition) is 4. The van der Waals surface area contributed by atoms with Gasteiger partial charge in [0.1, 0.15) is 0 Å². The molecule has 1 unspecified atom stereocenters. The number of nitrogens with zero attached hydrogens (tertiary/aromatic N) is 1. The maximum absolute atomic E-state index is 10.8. The summed E-state index contributed by atoms with van der Waals surface area (Å²) in [5.74, 6) is -0.963. The van der Waals surface area contributed by atoms with Crippen LogP contribution >= 0.6 is 0 Å². The van der Waals surface area contributed by atoms with Gasteiger partial charge in [0.15, 0.2) is 6.10 Å². The molecule has 5 nitrogen and oxygen atoms in total. The molecule has 0 saturated carbocycles. The Balaban J connectivity index is 4.67. The monoisotopic (exact) mass is 209 g/mol. The van der Waals surface area contributed by atoms with Crippen LogP contribution in [0.3, 0.4) is 0 Å². The normalized spacial score (nSPS) is 12.0. The first-order valence-electron chi connectivity index (χ1n) is 4.12. The molecule has 0 rings (SSSR count). The summed E-state index contributed by atoms with van der Waals surface area (Å²) in [5.41, 5.74) is -0.769. The molecule has 0 aliphatic rings. The SMILES string of the molecule is C#CC(OC(=O)C(=O)O)C(C)(C)CC#N. The van der Waals surface area contributed by atoms with Crippen molar-refractivity contribution in [3.63, 3.8) is 0 Å². The highest BCUT2D eigenvalue weighted by atomic mass is 16.6. The van der Waals surface area contributed by atoms with E-state index in [1.165, 1.54) is 0 Å². The Morgan fingerprint density at radius 3 is 2.47 bits per heavy atom. The van der Waals surface area contributed by atoms with E-state index in [4.69, 9.17) is 16.8 Å². The zero-order chi connectivity index (χ0) is 12.1. The van der Waals surface area contributed by atoms with Crippen LogP contribution in [0.1, 0.15) is 20.3 Å². The van der Waals surface area contributed by atoms with Crippen LogP contribution in [0.25, 0.3) is 0 Å². The van der Waals surface area contributed by atoms with Crippen LogP contribution in [-0.4, -0.2) is 23.1 Å². The maximum atomic E-state index is 10.8. The summed E-state index contributed by atoms with van der Waals surface area (Å²) in [7, 11) is 0. The fraction of sp³-hybridized carbons (Fsp3) is 0.500. The number of hydrogen-bond donors (Lipinski definition) is 1. The molecule has 1 atom stereocenters. The van der Waals surface area contributed by atoms with E-state index in [1.807, 2.05) is 6.07 Å². The van der Waals surface area contributed by atoms with E-state index in [-0.39, 0.29) is 6.42 Å². The number of carbonyl (C=O) groups excluding carboxylic acids is 1. The minimum absolute atomic E-state index is 0.0643. The first-order chi connectivity index (χ1) is 6.85. The zero-order valence-corrected chi connectivity index (χ0v) is 8.48. The van der Waals surface area contributed by atoms with Gasteiger partial charge in [0.2, 0.25) is 0 Å². The molecule has 0 aromatic carbocycles. The van der Waals surface area contributed by atoms with E-state index in [9.17, 15) is 9.59 Å². The van der Waals surface area contributed by atoms with Crippen molar-refractivity contribution in [1.82, 2.24) is 0 Å². The third-order valence-electron chi connectivity index (χ3n) is 1.80. The smallest absolute Gasteiger partial charge is 0.418 e. The number of esters is 1. The molecule has 80 valence electrons. The van der Waals surface area contributed by atoms with Gasteiger partial charge in [-0.1, -0.05) is 19.8 Å². The summed E-state index contributed by atoms with van der Waals surface area (Å²) < 4.78 is 4.55. The van der Waals surface area contributed by atoms with Gasteiger partial charge >= 0.3 is 11.9 Å². The molecule has 0 aliphatic carbocycles. The van der Waals surface area contributed by atoms with Crippen molar-refractivity contribution >= 4 is 11.9 Å². The van der Waals surface area contributed by atoms with Crippen molar-refractivity contribution in [3.8, 4) is 18.4 Å². The molecular formula is C10H11NO4. The molecular weight excluding hydrogens is 198 g/mol. The van der Waals surface area contributed by atoms with E-state index >= 15 is 0 Å². The Morgan fingerprint density at radius 1 is 1.60 bits per heavy atom. The minimum Gasteiger partial charge on any atom is -0.473 e. The molecule has 0 bridgehead atoms. The third-order valence-corrected chi connectivity index (χ3v) is 1.80. The third kappa shape index (κ3) is 3.70. The van der Waals surface area contributed by atoms with Gasteiger partial charge in [-0.15, -0.1) is 6.42 Å². The van der Waals surface area contributed by atoms with Gasteiger partial charge in [-0.3, -0.25) is 0 Å². The highest BCUT2D eigenvalue weighted by Gasteiger charge is 2.32. The quantitative estimate of drug-likeness (QED) is 0.416. The van der Waals surface area contributed by atoms with Crippen LogP contribution in [0.15, 0.2) is 0 Å². The van der Waals surface area contributed by atoms with Gasteiger partial charge in [0.05, 0.1) is 6.07 Å². The fourth-order valence-electron chi connectivity index (χ4n) is 0.873. The fourth-order valence-corrected chi connectivity index (χ4v) is 0.873. The van der Waals surface area contributed by atoms with Gasteiger partial charge in [-0.2, -0.15) is 5.26 Å². The van der Waals surface area contributed by atoms with Gasteiger partial charge < -0.3 is 9.84 Å². The lowest BCUT2D eigenvalue weighted by Crippen LogP contribution is -2.34. The molecule has 0 amide bonds. The minimum atomic E-state index is -1.71. The van der Waals surface area contributed by atoms with Crippen LogP contribution in [-0.2, 0) is 14.3 Å². The number of carboxylic acids is 1. The summed E-state index contributed by atoms with van der Waals surface area (Å²) >= 11 is 0. The van der Waals surface area contributed by atoms with Crippen molar-refractivity contribution in [2.45, 2.75) is 26.4 Å². The Morgan fingerprint density at radius 2 is 2.13 bits per heavy atom. The van der Waals surface area contributed by atoms with Crippen LogP contribution < -0.4 is 0 Å². The molecule has 0 fully saturated rings. The average molecular weight is 209 g/mol. The molecule has 5 heteroatoms. The second kappa shape index (κ2) is 5.02. The number of rotatable bonds is 3. The van der Waals surface area contributed by atoms with E-state index in [2.05, 4.69) is 10.7 Å². The molecule has 0 saturated heterocycles. The second-order valence-electron chi connectivity index (χ2n) is 3.58. The number of carbonyl (C=O) groups is 2. The molecule has 0 aliphatic heterocycles. The van der Waals surface area contributed by atoms with Crippen molar-refractivity contribution in [1.29, 1.82) is 5.26 Å². The molecule has 0 heterocycles. The number of terminal acetylenes is 1. The van der Waals surface area contributed by atoms with Crippen molar-refractivity contribution in [2.24, 2.45) is 5.41 Å². The summed E-state index contributed by atoms with van der Waals surface area (Å²) in [6.07, 6.45) is 4.15. The Bertz CT molecular complexity index is 345. The number of ether oxygens (including phenoxy) is 1. The van der Waals surface area contributed by atoms with E-state index in [1.54, 1.807) is 13.8 Å². The second-order valence-corrected chi connectivity index (χ2v) is 3.58. The number of nitriles is 1. The zero-order valence-electron chi connectivity index (χ0n) is 8.48. The molecule has 0 radical (unpaired) electrons. The van der Waals surface area contributed by atoms with E-state index in [0.717, 1.165) is 0 Å². The lowest BCUT2D eigenvalue weighted by Gasteiger charge is -2.27. The summed E-state index contributed by atoms with van der Waals surface area (Å²) in [6.45, 7) is 3.24. The van der Waals surface area contributed by atoms with Crippen LogP contribution in [0.2, 0.25) is 0 Å². The molecule has 0 aromatic rings. The molecule has 0 aromatic heterocycles. The van der Waals surface area contributed by atoms with Crippen molar-refractivity contribution in [2.75, 3.05) is 0 Å². The van der Waals surface area contributed by atoms with Gasteiger partial charge in [0, 0.05) is 11.8 Å². The average Bonchev–Trinajstić information content (AvgIpc) is 2.12. The lowest BCUT2D eigenvalue weighted by atomic mass is 9.84. The first-order valence-corrected chi connectivity index (χ1v) is 4.12. The number of aliphatic carboxylic acids is 1. The Hall–Kier alpha value is -2.01. The first kappa shape index (κ1) is 13.0. The molecule has 15 heavy (non-hydrogen) atoms. The Kier molecular flexibility index (Phi) is 4.34.